The first kappa shape index (κ1) is 5.72. The van der Waals surface area contributed by atoms with E-state index in [1.54, 1.807) is 5.57 Å². The van der Waals surface area contributed by atoms with Gasteiger partial charge in [0.2, 0.25) is 0 Å². The fourth-order valence-electron chi connectivity index (χ4n) is 1.73. The molecular weight excluding hydrogens is 176 g/mol. The Morgan fingerprint density at radius 2 is 2.56 bits per heavy atom. The summed E-state index contributed by atoms with van der Waals surface area (Å²) in [6, 6.07) is 0. The van der Waals surface area contributed by atoms with E-state index < -0.39 is 0 Å². The Morgan fingerprint density at radius 3 is 3.22 bits per heavy atom. The molecule has 0 nitrogen and oxygen atoms in total. The first-order valence-corrected chi connectivity index (χ1v) is 4.29. The Bertz CT molecular complexity index is 179. The average Bonchev–Trinajstić information content (AvgIpc) is 2.14. The van der Waals surface area contributed by atoms with Gasteiger partial charge in [-0.15, -0.1) is 0 Å². The third-order valence-electron chi connectivity index (χ3n) is 2.38. The second kappa shape index (κ2) is 1.98. The predicted octanol–water partition coefficient (Wildman–Crippen LogP) is 2.86. The summed E-state index contributed by atoms with van der Waals surface area (Å²) in [5.41, 5.74) is 1.60. The molecule has 0 N–H and O–H groups in total. The molecular formula is C8H9Br. The number of halogens is 1. The van der Waals surface area contributed by atoms with Gasteiger partial charge in [-0.1, -0.05) is 33.7 Å². The van der Waals surface area contributed by atoms with Gasteiger partial charge in [-0.25, -0.2) is 0 Å². The van der Waals surface area contributed by atoms with Crippen molar-refractivity contribution in [2.24, 2.45) is 11.8 Å². The van der Waals surface area contributed by atoms with Crippen LogP contribution in [0.5, 0.6) is 0 Å². The van der Waals surface area contributed by atoms with Crippen molar-refractivity contribution in [2.75, 3.05) is 0 Å². The molecule has 1 fully saturated rings. The van der Waals surface area contributed by atoms with Crippen molar-refractivity contribution in [2.45, 2.75) is 12.8 Å². The van der Waals surface area contributed by atoms with E-state index in [1.165, 1.54) is 12.8 Å². The van der Waals surface area contributed by atoms with E-state index in [0.29, 0.717) is 0 Å². The quantitative estimate of drug-likeness (QED) is 0.509. The van der Waals surface area contributed by atoms with Crippen molar-refractivity contribution in [1.29, 1.82) is 0 Å². The molecule has 0 spiro atoms. The lowest BCUT2D eigenvalue weighted by Crippen LogP contribution is -2.23. The van der Waals surface area contributed by atoms with Gasteiger partial charge in [-0.2, -0.15) is 0 Å². The zero-order valence-electron chi connectivity index (χ0n) is 5.18. The highest BCUT2D eigenvalue weighted by Crippen LogP contribution is 2.47. The molecule has 2 unspecified atom stereocenters. The molecule has 1 saturated carbocycles. The fraction of sp³-hybridized carbons (Fsp3) is 0.500. The van der Waals surface area contributed by atoms with Crippen LogP contribution in [0.2, 0.25) is 0 Å². The normalized spacial score (nSPS) is 43.0. The molecule has 0 aromatic carbocycles. The summed E-state index contributed by atoms with van der Waals surface area (Å²) >= 11 is 3.37. The summed E-state index contributed by atoms with van der Waals surface area (Å²) in [6.07, 6.45) is 7.23. The van der Waals surface area contributed by atoms with Crippen LogP contribution in [0.15, 0.2) is 22.7 Å². The maximum Gasteiger partial charge on any atom is -0.00941 e. The summed E-state index contributed by atoms with van der Waals surface area (Å²) in [5, 5.41) is 0. The minimum Gasteiger partial charge on any atom is -0.0876 e. The standard InChI is InChI=1S/C8H9Br/c9-5-7-4-6-2-1-3-8(6)7/h1-2,5-6,8H,3-4H2/b7-5-. The molecule has 9 heavy (non-hydrogen) atoms. The molecule has 0 aliphatic heterocycles. The molecule has 0 amide bonds. The van der Waals surface area contributed by atoms with Crippen molar-refractivity contribution >= 4 is 15.9 Å². The van der Waals surface area contributed by atoms with Crippen LogP contribution >= 0.6 is 15.9 Å². The van der Waals surface area contributed by atoms with Gasteiger partial charge in [0.05, 0.1) is 0 Å². The summed E-state index contributed by atoms with van der Waals surface area (Å²) in [4.78, 5) is 2.10. The minimum absolute atomic E-state index is 0.879. The van der Waals surface area contributed by atoms with Gasteiger partial charge in [0.1, 0.15) is 0 Å². The largest absolute Gasteiger partial charge is 0.0876 e. The molecule has 0 bridgehead atoms. The lowest BCUT2D eigenvalue weighted by Gasteiger charge is -2.33. The fourth-order valence-corrected chi connectivity index (χ4v) is 2.26. The van der Waals surface area contributed by atoms with E-state index in [4.69, 9.17) is 0 Å². The van der Waals surface area contributed by atoms with Crippen molar-refractivity contribution in [3.63, 3.8) is 0 Å². The molecule has 2 atom stereocenters. The van der Waals surface area contributed by atoms with Gasteiger partial charge in [0.15, 0.2) is 0 Å². The van der Waals surface area contributed by atoms with Crippen LogP contribution in [0.1, 0.15) is 12.8 Å². The van der Waals surface area contributed by atoms with Gasteiger partial charge < -0.3 is 0 Å². The van der Waals surface area contributed by atoms with Gasteiger partial charge in [-0.3, -0.25) is 0 Å². The molecule has 0 aromatic rings. The summed E-state index contributed by atoms with van der Waals surface area (Å²) in [5.74, 6) is 1.78. The predicted molar refractivity (Wildman–Crippen MR) is 42.4 cm³/mol. The van der Waals surface area contributed by atoms with Gasteiger partial charge in [0.25, 0.3) is 0 Å². The number of hydrogen-bond acceptors (Lipinski definition) is 0. The van der Waals surface area contributed by atoms with Crippen LogP contribution in [0.3, 0.4) is 0 Å². The van der Waals surface area contributed by atoms with E-state index >= 15 is 0 Å². The van der Waals surface area contributed by atoms with Crippen LogP contribution < -0.4 is 0 Å². The third kappa shape index (κ3) is 0.710. The van der Waals surface area contributed by atoms with Gasteiger partial charge >= 0.3 is 0 Å². The summed E-state index contributed by atoms with van der Waals surface area (Å²) in [7, 11) is 0. The number of allylic oxidation sites excluding steroid dienone is 3. The summed E-state index contributed by atoms with van der Waals surface area (Å²) in [6.45, 7) is 0. The first-order valence-electron chi connectivity index (χ1n) is 3.37. The van der Waals surface area contributed by atoms with Gasteiger partial charge in [0, 0.05) is 0 Å². The van der Waals surface area contributed by atoms with Gasteiger partial charge in [-0.05, 0) is 29.7 Å². The van der Waals surface area contributed by atoms with Crippen LogP contribution in [0.25, 0.3) is 0 Å². The Balaban J connectivity index is 2.13. The lowest BCUT2D eigenvalue weighted by molar-refractivity contribution is 0.367. The zero-order valence-corrected chi connectivity index (χ0v) is 6.76. The van der Waals surface area contributed by atoms with E-state index in [1.807, 2.05) is 0 Å². The monoisotopic (exact) mass is 184 g/mol. The van der Waals surface area contributed by atoms with Crippen LogP contribution in [0, 0.1) is 11.8 Å². The highest BCUT2D eigenvalue weighted by Gasteiger charge is 2.35. The van der Waals surface area contributed by atoms with Crippen LogP contribution in [-0.2, 0) is 0 Å². The SMILES string of the molecule is Br/C=C1/CC2C=CCC12. The number of fused-ring (bicyclic) bond motifs is 1. The highest BCUT2D eigenvalue weighted by molar-refractivity contribution is 9.11. The second-order valence-electron chi connectivity index (χ2n) is 2.82. The highest BCUT2D eigenvalue weighted by atomic mass is 79.9. The molecule has 1 heteroatoms. The zero-order chi connectivity index (χ0) is 6.27. The number of rotatable bonds is 0. The average molecular weight is 185 g/mol. The maximum absolute atomic E-state index is 3.37. The van der Waals surface area contributed by atoms with Crippen molar-refractivity contribution in [3.8, 4) is 0 Å². The van der Waals surface area contributed by atoms with E-state index in [2.05, 4.69) is 33.1 Å². The van der Waals surface area contributed by atoms with E-state index in [0.717, 1.165) is 11.8 Å². The topological polar surface area (TPSA) is 0 Å². The van der Waals surface area contributed by atoms with Crippen molar-refractivity contribution in [1.82, 2.24) is 0 Å². The minimum atomic E-state index is 0.879. The molecule has 2 rings (SSSR count). The number of hydrogen-bond donors (Lipinski definition) is 0. The van der Waals surface area contributed by atoms with Crippen molar-refractivity contribution < 1.29 is 0 Å². The lowest BCUT2D eigenvalue weighted by atomic mass is 9.72. The molecule has 2 aliphatic carbocycles. The summed E-state index contributed by atoms with van der Waals surface area (Å²) < 4.78 is 0. The van der Waals surface area contributed by atoms with Crippen LogP contribution in [0.4, 0.5) is 0 Å². The van der Waals surface area contributed by atoms with E-state index in [-0.39, 0.29) is 0 Å². The molecule has 0 heterocycles. The van der Waals surface area contributed by atoms with E-state index in [9.17, 15) is 0 Å². The Hall–Kier alpha value is -0.0400. The Kier molecular flexibility index (Phi) is 1.26. The molecule has 0 saturated heterocycles. The van der Waals surface area contributed by atoms with Crippen molar-refractivity contribution in [3.05, 3.63) is 22.7 Å². The molecule has 2 aliphatic rings. The second-order valence-corrected chi connectivity index (χ2v) is 3.28. The molecule has 0 radical (unpaired) electrons. The first-order chi connectivity index (χ1) is 4.42. The third-order valence-corrected chi connectivity index (χ3v) is 2.97. The maximum atomic E-state index is 3.37. The van der Waals surface area contributed by atoms with Crippen LogP contribution in [-0.4, -0.2) is 0 Å². The Labute approximate surface area is 63.8 Å². The Morgan fingerprint density at radius 1 is 1.67 bits per heavy atom. The molecule has 0 aromatic heterocycles. The smallest absolute Gasteiger partial charge is 0.00941 e. The molecule has 48 valence electrons.